The number of rotatable bonds is 6. The van der Waals surface area contributed by atoms with Crippen molar-refractivity contribution < 1.29 is 14.6 Å². The van der Waals surface area contributed by atoms with Gasteiger partial charge in [-0.3, -0.25) is 9.69 Å². The number of carbonyl (C=O) groups excluding carboxylic acids is 1. The van der Waals surface area contributed by atoms with Crippen LogP contribution in [0.25, 0.3) is 0 Å². The van der Waals surface area contributed by atoms with Crippen molar-refractivity contribution in [3.8, 4) is 11.5 Å². The Balaban J connectivity index is 2.00. The maximum absolute atomic E-state index is 12.5. The molecule has 5 heteroatoms. The van der Waals surface area contributed by atoms with E-state index in [1.54, 1.807) is 13.2 Å². The molecule has 1 N–H and O–H groups in total. The fraction of sp³-hybridized carbons (Fsp3) is 0.611. The summed E-state index contributed by atoms with van der Waals surface area (Å²) in [4.78, 5) is 16.8. The van der Waals surface area contributed by atoms with Crippen LogP contribution in [0.5, 0.6) is 11.5 Å². The van der Waals surface area contributed by atoms with Crippen molar-refractivity contribution in [2.75, 3.05) is 33.3 Å². The number of benzene rings is 1. The molecule has 0 spiro atoms. The summed E-state index contributed by atoms with van der Waals surface area (Å²) in [6, 6.07) is 5.44. The second-order valence-electron chi connectivity index (χ2n) is 6.09. The first kappa shape index (κ1) is 17.6. The summed E-state index contributed by atoms with van der Waals surface area (Å²) in [5.41, 5.74) is 1.09. The van der Waals surface area contributed by atoms with Crippen molar-refractivity contribution in [2.24, 2.45) is 5.92 Å². The molecule has 0 unspecified atom stereocenters. The molecular formula is C18H28N2O3. The van der Waals surface area contributed by atoms with Gasteiger partial charge < -0.3 is 14.7 Å². The van der Waals surface area contributed by atoms with Gasteiger partial charge in [0.2, 0.25) is 5.91 Å². The summed E-state index contributed by atoms with van der Waals surface area (Å²) in [7, 11) is 1.55. The molecule has 2 rings (SSSR count). The van der Waals surface area contributed by atoms with Crippen LogP contribution in [-0.2, 0) is 11.3 Å². The Hall–Kier alpha value is -1.75. The highest BCUT2D eigenvalue weighted by Crippen LogP contribution is 2.28. The van der Waals surface area contributed by atoms with Gasteiger partial charge in [0, 0.05) is 26.2 Å². The summed E-state index contributed by atoms with van der Waals surface area (Å²) in [6.07, 6.45) is 2.03. The van der Waals surface area contributed by atoms with E-state index in [0.717, 1.165) is 51.1 Å². The van der Waals surface area contributed by atoms with E-state index in [4.69, 9.17) is 4.74 Å². The van der Waals surface area contributed by atoms with Crippen molar-refractivity contribution >= 4 is 5.91 Å². The van der Waals surface area contributed by atoms with E-state index in [1.807, 2.05) is 30.9 Å². The van der Waals surface area contributed by atoms with E-state index in [2.05, 4.69) is 4.90 Å². The Morgan fingerprint density at radius 3 is 2.78 bits per heavy atom. The topological polar surface area (TPSA) is 53.0 Å². The number of ether oxygens (including phenoxy) is 1. The summed E-state index contributed by atoms with van der Waals surface area (Å²) < 4.78 is 5.17. The number of phenols is 1. The number of methoxy groups -OCH3 is 1. The van der Waals surface area contributed by atoms with Gasteiger partial charge in [-0.25, -0.2) is 0 Å². The molecule has 0 aromatic heterocycles. The molecule has 0 radical (unpaired) electrons. The molecule has 0 bridgehead atoms. The lowest BCUT2D eigenvalue weighted by Gasteiger charge is -2.34. The molecule has 1 amide bonds. The molecule has 1 heterocycles. The second kappa shape index (κ2) is 8.20. The van der Waals surface area contributed by atoms with E-state index in [9.17, 15) is 9.90 Å². The molecule has 128 valence electrons. The molecule has 23 heavy (non-hydrogen) atoms. The van der Waals surface area contributed by atoms with Crippen molar-refractivity contribution in [1.82, 2.24) is 9.80 Å². The largest absolute Gasteiger partial charge is 0.504 e. The monoisotopic (exact) mass is 320 g/mol. The lowest BCUT2D eigenvalue weighted by Crippen LogP contribution is -2.44. The summed E-state index contributed by atoms with van der Waals surface area (Å²) in [5.74, 6) is 1.03. The van der Waals surface area contributed by atoms with Crippen LogP contribution in [0.2, 0.25) is 0 Å². The zero-order valence-electron chi connectivity index (χ0n) is 14.4. The molecule has 1 aliphatic rings. The lowest BCUT2D eigenvalue weighted by atomic mass is 9.96. The van der Waals surface area contributed by atoms with Crippen molar-refractivity contribution in [3.05, 3.63) is 23.8 Å². The third kappa shape index (κ3) is 4.38. The number of phenolic OH excluding ortho intramolecular Hbond substituents is 1. The van der Waals surface area contributed by atoms with Crippen LogP contribution in [0.1, 0.15) is 32.3 Å². The van der Waals surface area contributed by atoms with Crippen molar-refractivity contribution in [1.29, 1.82) is 0 Å². The van der Waals surface area contributed by atoms with Crippen molar-refractivity contribution in [3.63, 3.8) is 0 Å². The summed E-state index contributed by atoms with van der Waals surface area (Å²) >= 11 is 0. The van der Waals surface area contributed by atoms with Gasteiger partial charge in [-0.15, -0.1) is 0 Å². The third-order valence-electron chi connectivity index (χ3n) is 4.58. The number of nitrogens with zero attached hydrogens (tertiary/aromatic N) is 2. The number of likely N-dealkylation sites (tertiary alicyclic amines) is 1. The first-order valence-corrected chi connectivity index (χ1v) is 8.46. The number of piperidine rings is 1. The molecule has 1 saturated heterocycles. The number of amides is 1. The van der Waals surface area contributed by atoms with E-state index in [-0.39, 0.29) is 17.6 Å². The Labute approximate surface area is 138 Å². The molecule has 1 atom stereocenters. The van der Waals surface area contributed by atoms with Gasteiger partial charge in [0.1, 0.15) is 0 Å². The van der Waals surface area contributed by atoms with Gasteiger partial charge in [-0.05, 0) is 50.9 Å². The Bertz CT molecular complexity index is 529. The Kier molecular flexibility index (Phi) is 6.28. The molecule has 5 nitrogen and oxygen atoms in total. The van der Waals surface area contributed by atoms with Crippen LogP contribution in [0.4, 0.5) is 0 Å². The number of aromatic hydroxyl groups is 1. The normalized spacial score (nSPS) is 18.7. The second-order valence-corrected chi connectivity index (χ2v) is 6.09. The third-order valence-corrected chi connectivity index (χ3v) is 4.58. The van der Waals surface area contributed by atoms with Crippen LogP contribution in [-0.4, -0.2) is 54.1 Å². The minimum Gasteiger partial charge on any atom is -0.504 e. The zero-order chi connectivity index (χ0) is 16.8. The van der Waals surface area contributed by atoms with Gasteiger partial charge >= 0.3 is 0 Å². The van der Waals surface area contributed by atoms with Crippen molar-refractivity contribution in [2.45, 2.75) is 33.2 Å². The minimum atomic E-state index is 0.0997. The highest BCUT2D eigenvalue weighted by Gasteiger charge is 2.28. The molecule has 0 aliphatic carbocycles. The molecule has 1 fully saturated rings. The molecule has 0 saturated carbocycles. The van der Waals surface area contributed by atoms with Crippen LogP contribution in [0.3, 0.4) is 0 Å². The minimum absolute atomic E-state index is 0.0997. The van der Waals surface area contributed by atoms with E-state index in [1.165, 1.54) is 0 Å². The van der Waals surface area contributed by atoms with Crippen LogP contribution < -0.4 is 4.74 Å². The molecule has 1 aromatic rings. The molecular weight excluding hydrogens is 292 g/mol. The summed E-state index contributed by atoms with van der Waals surface area (Å²) in [5, 5.41) is 9.68. The lowest BCUT2D eigenvalue weighted by molar-refractivity contribution is -0.137. The molecule has 1 aliphatic heterocycles. The van der Waals surface area contributed by atoms with Gasteiger partial charge in [0.05, 0.1) is 13.0 Å². The highest BCUT2D eigenvalue weighted by atomic mass is 16.5. The number of hydrogen-bond acceptors (Lipinski definition) is 4. The van der Waals surface area contributed by atoms with Gasteiger partial charge in [0.15, 0.2) is 11.5 Å². The predicted octanol–water partition coefficient (Wildman–Crippen LogP) is 2.48. The van der Waals surface area contributed by atoms with Gasteiger partial charge in [-0.1, -0.05) is 6.07 Å². The average molecular weight is 320 g/mol. The quantitative estimate of drug-likeness (QED) is 0.875. The van der Waals surface area contributed by atoms with E-state index >= 15 is 0 Å². The zero-order valence-corrected chi connectivity index (χ0v) is 14.4. The highest BCUT2D eigenvalue weighted by molar-refractivity contribution is 5.79. The maximum Gasteiger partial charge on any atom is 0.226 e. The van der Waals surface area contributed by atoms with E-state index < -0.39 is 0 Å². The fourth-order valence-electron chi connectivity index (χ4n) is 3.27. The standard InChI is InChI=1S/C18H28N2O3/c1-4-20(5-2)18(22)15-7-6-10-19(13-15)12-14-8-9-16(21)17(11-14)23-3/h8-9,11,15,21H,4-7,10,12-13H2,1-3H3/t15-/m1/s1. The van der Waals surface area contributed by atoms with Gasteiger partial charge in [-0.2, -0.15) is 0 Å². The first-order valence-electron chi connectivity index (χ1n) is 8.46. The van der Waals surface area contributed by atoms with E-state index in [0.29, 0.717) is 5.75 Å². The maximum atomic E-state index is 12.5. The van der Waals surface area contributed by atoms with Crippen LogP contribution in [0, 0.1) is 5.92 Å². The fourth-order valence-corrected chi connectivity index (χ4v) is 3.27. The summed E-state index contributed by atoms with van der Waals surface area (Å²) in [6.45, 7) is 8.21. The predicted molar refractivity (Wildman–Crippen MR) is 90.6 cm³/mol. The SMILES string of the molecule is CCN(CC)C(=O)[C@@H]1CCCN(Cc2ccc(O)c(OC)c2)C1. The van der Waals surface area contributed by atoms with Crippen LogP contribution in [0.15, 0.2) is 18.2 Å². The Morgan fingerprint density at radius 1 is 1.39 bits per heavy atom. The smallest absolute Gasteiger partial charge is 0.226 e. The van der Waals surface area contributed by atoms with Gasteiger partial charge in [0.25, 0.3) is 0 Å². The molecule has 1 aromatic carbocycles. The number of hydrogen-bond donors (Lipinski definition) is 1. The first-order chi connectivity index (χ1) is 11.1. The number of carbonyl (C=O) groups is 1. The Morgan fingerprint density at radius 2 is 2.13 bits per heavy atom. The van der Waals surface area contributed by atoms with Crippen LogP contribution >= 0.6 is 0 Å². The average Bonchev–Trinajstić information content (AvgIpc) is 2.58.